The van der Waals surface area contributed by atoms with Crippen molar-refractivity contribution in [3.8, 4) is 0 Å². The van der Waals surface area contributed by atoms with Crippen molar-refractivity contribution in [2.24, 2.45) is 0 Å². The molecule has 0 radical (unpaired) electrons. The fourth-order valence-corrected chi connectivity index (χ4v) is 0.841. The van der Waals surface area contributed by atoms with Gasteiger partial charge >= 0.3 is 0 Å². The Hall–Kier alpha value is -1.32. The largest absolute Gasteiger partial charge is 0.298 e. The second kappa shape index (κ2) is 6.22. The Labute approximate surface area is 86.9 Å². The van der Waals surface area contributed by atoms with E-state index < -0.39 is 28.6 Å². The second-order valence-corrected chi connectivity index (χ2v) is 3.03. The van der Waals surface area contributed by atoms with Gasteiger partial charge in [0.15, 0.2) is 17.9 Å². The maximum Gasteiger partial charge on any atom is 0.164 e. The van der Waals surface area contributed by atoms with Gasteiger partial charge < -0.3 is 0 Å². The highest BCUT2D eigenvalue weighted by Crippen LogP contribution is 2.17. The highest BCUT2D eigenvalue weighted by atomic mass is 19.2. The van der Waals surface area contributed by atoms with Crippen LogP contribution < -0.4 is 0 Å². The molecule has 0 aliphatic carbocycles. The summed E-state index contributed by atoms with van der Waals surface area (Å²) in [5, 5.41) is 0. The summed E-state index contributed by atoms with van der Waals surface area (Å²) in [5.74, 6) is -3.47. The molecule has 0 unspecified atom stereocenters. The number of benzene rings is 1. The van der Waals surface area contributed by atoms with E-state index in [4.69, 9.17) is 0 Å². The molecule has 0 aliphatic rings. The molecule has 0 saturated carbocycles. The summed E-state index contributed by atoms with van der Waals surface area (Å²) in [5.41, 5.74) is -0.941. The smallest absolute Gasteiger partial charge is 0.164 e. The molecule has 0 N–H and O–H groups in total. The molecule has 1 rings (SSSR count). The van der Waals surface area contributed by atoms with Crippen molar-refractivity contribution in [3.05, 3.63) is 34.6 Å². The lowest BCUT2D eigenvalue weighted by Crippen LogP contribution is -1.98. The molecule has 0 aromatic heterocycles. The zero-order valence-corrected chi connectivity index (χ0v) is 8.90. The Bertz CT molecular complexity index is 348. The molecule has 0 heterocycles. The Balaban J connectivity index is 0.000000583. The Morgan fingerprint density at radius 2 is 1.67 bits per heavy atom. The van der Waals surface area contributed by atoms with Gasteiger partial charge in [-0.2, -0.15) is 0 Å². The summed E-state index contributed by atoms with van der Waals surface area (Å²) in [7, 11) is 0. The average Bonchev–Trinajstić information content (AvgIpc) is 2.21. The lowest BCUT2D eigenvalue weighted by Gasteiger charge is -2.01. The minimum atomic E-state index is -1.25. The fourth-order valence-electron chi connectivity index (χ4n) is 0.841. The number of halogens is 3. The van der Waals surface area contributed by atoms with Crippen LogP contribution in [0.4, 0.5) is 13.2 Å². The number of hydrogen-bond acceptors (Lipinski definition) is 1. The summed E-state index contributed by atoms with van der Waals surface area (Å²) in [6, 6.07) is 0.532. The van der Waals surface area contributed by atoms with Crippen LogP contribution in [0.15, 0.2) is 6.07 Å². The van der Waals surface area contributed by atoms with Crippen molar-refractivity contribution in [2.45, 2.75) is 27.2 Å². The predicted octanol–water partition coefficient (Wildman–Crippen LogP) is 3.64. The topological polar surface area (TPSA) is 17.1 Å². The molecule has 1 nitrogen and oxygen atoms in total. The van der Waals surface area contributed by atoms with Crippen LogP contribution in [0.5, 0.6) is 0 Å². The van der Waals surface area contributed by atoms with Gasteiger partial charge in [0.05, 0.1) is 5.56 Å². The molecular formula is C11H13F3O. The highest BCUT2D eigenvalue weighted by Gasteiger charge is 2.14. The normalized spacial score (nSPS) is 9.20. The summed E-state index contributed by atoms with van der Waals surface area (Å²) >= 11 is 0. The van der Waals surface area contributed by atoms with Crippen LogP contribution in [-0.4, -0.2) is 6.29 Å². The number of aldehydes is 1. The zero-order chi connectivity index (χ0) is 12.0. The number of rotatable bonds is 1. The minimum absolute atomic E-state index is 0.144. The van der Waals surface area contributed by atoms with Gasteiger partial charge in [-0.25, -0.2) is 13.2 Å². The quantitative estimate of drug-likeness (QED) is 0.519. The molecule has 0 bridgehead atoms. The molecule has 0 amide bonds. The minimum Gasteiger partial charge on any atom is -0.298 e. The van der Waals surface area contributed by atoms with Gasteiger partial charge in [0.25, 0.3) is 0 Å². The van der Waals surface area contributed by atoms with Crippen molar-refractivity contribution >= 4 is 6.29 Å². The molecular weight excluding hydrogens is 205 g/mol. The lowest BCUT2D eigenvalue weighted by molar-refractivity contribution is 0.111. The van der Waals surface area contributed by atoms with Gasteiger partial charge in [0, 0.05) is 5.56 Å². The summed E-state index contributed by atoms with van der Waals surface area (Å²) in [6.07, 6.45) is 1.39. The predicted molar refractivity (Wildman–Crippen MR) is 52.4 cm³/mol. The third-order valence-electron chi connectivity index (χ3n) is 1.53. The number of hydrogen-bond donors (Lipinski definition) is 0. The average molecular weight is 218 g/mol. The van der Waals surface area contributed by atoms with E-state index in [-0.39, 0.29) is 6.29 Å². The van der Waals surface area contributed by atoms with Crippen LogP contribution in [-0.2, 0) is 0 Å². The highest BCUT2D eigenvalue weighted by molar-refractivity contribution is 5.75. The van der Waals surface area contributed by atoms with E-state index in [1.165, 1.54) is 6.42 Å². The van der Waals surface area contributed by atoms with E-state index >= 15 is 0 Å². The van der Waals surface area contributed by atoms with Gasteiger partial charge in [-0.1, -0.05) is 20.3 Å². The standard InChI is InChI=1S/C8H5F3O.C3H8/c1-4-7(10)5(3-12)2-6(9)8(4)11;1-3-2/h2-3H,1H3;3H2,1-2H3. The molecule has 0 saturated heterocycles. The molecule has 84 valence electrons. The Morgan fingerprint density at radius 1 is 1.20 bits per heavy atom. The summed E-state index contributed by atoms with van der Waals surface area (Å²) < 4.78 is 37.9. The number of carbonyl (C=O) groups is 1. The van der Waals surface area contributed by atoms with Crippen LogP contribution >= 0.6 is 0 Å². The first kappa shape index (κ1) is 13.7. The summed E-state index contributed by atoms with van der Waals surface area (Å²) in [6.45, 7) is 5.32. The summed E-state index contributed by atoms with van der Waals surface area (Å²) in [4.78, 5) is 10.1. The van der Waals surface area contributed by atoms with Crippen molar-refractivity contribution in [1.82, 2.24) is 0 Å². The van der Waals surface area contributed by atoms with E-state index in [9.17, 15) is 18.0 Å². The van der Waals surface area contributed by atoms with Crippen LogP contribution in [0.2, 0.25) is 0 Å². The molecule has 0 aliphatic heterocycles. The maximum atomic E-state index is 12.8. The van der Waals surface area contributed by atoms with Crippen LogP contribution in [0, 0.1) is 24.4 Å². The van der Waals surface area contributed by atoms with Crippen LogP contribution in [0.1, 0.15) is 36.2 Å². The van der Waals surface area contributed by atoms with E-state index in [0.717, 1.165) is 6.92 Å². The first-order valence-electron chi connectivity index (χ1n) is 4.58. The molecule has 0 fully saturated rings. The first-order valence-corrected chi connectivity index (χ1v) is 4.58. The van der Waals surface area contributed by atoms with Gasteiger partial charge in [0.2, 0.25) is 0 Å². The van der Waals surface area contributed by atoms with E-state index in [0.29, 0.717) is 6.07 Å². The first-order chi connectivity index (χ1) is 6.99. The molecule has 0 atom stereocenters. The van der Waals surface area contributed by atoms with Crippen molar-refractivity contribution in [2.75, 3.05) is 0 Å². The molecule has 0 spiro atoms. The van der Waals surface area contributed by atoms with E-state index in [1.54, 1.807) is 0 Å². The van der Waals surface area contributed by atoms with Crippen molar-refractivity contribution in [1.29, 1.82) is 0 Å². The third-order valence-corrected chi connectivity index (χ3v) is 1.53. The molecule has 1 aromatic rings. The van der Waals surface area contributed by atoms with Gasteiger partial charge in [-0.15, -0.1) is 0 Å². The Kier molecular flexibility index (Phi) is 5.67. The molecule has 15 heavy (non-hydrogen) atoms. The number of carbonyl (C=O) groups excluding carboxylic acids is 1. The van der Waals surface area contributed by atoms with Gasteiger partial charge in [0.1, 0.15) is 5.82 Å². The van der Waals surface area contributed by atoms with Gasteiger partial charge in [-0.05, 0) is 13.0 Å². The Morgan fingerprint density at radius 3 is 2.07 bits per heavy atom. The second-order valence-electron chi connectivity index (χ2n) is 3.03. The van der Waals surface area contributed by atoms with E-state index in [2.05, 4.69) is 13.8 Å². The monoisotopic (exact) mass is 218 g/mol. The van der Waals surface area contributed by atoms with Crippen LogP contribution in [0.25, 0.3) is 0 Å². The molecule has 4 heteroatoms. The van der Waals surface area contributed by atoms with Crippen molar-refractivity contribution < 1.29 is 18.0 Å². The van der Waals surface area contributed by atoms with Crippen LogP contribution in [0.3, 0.4) is 0 Å². The zero-order valence-electron chi connectivity index (χ0n) is 8.90. The lowest BCUT2D eigenvalue weighted by atomic mass is 10.1. The SMILES string of the molecule is CCC.Cc1c(F)c(F)cc(C=O)c1F. The van der Waals surface area contributed by atoms with Crippen molar-refractivity contribution in [3.63, 3.8) is 0 Å². The fraction of sp³-hybridized carbons (Fsp3) is 0.364. The maximum absolute atomic E-state index is 12.8. The third kappa shape index (κ3) is 3.38. The van der Waals surface area contributed by atoms with E-state index in [1.807, 2.05) is 0 Å². The molecule has 1 aromatic carbocycles. The van der Waals surface area contributed by atoms with Gasteiger partial charge in [-0.3, -0.25) is 4.79 Å².